The predicted molar refractivity (Wildman–Crippen MR) is 69.1 cm³/mol. The van der Waals surface area contributed by atoms with Crippen LogP contribution in [0.1, 0.15) is 41.0 Å². The first-order chi connectivity index (χ1) is 8.14. The molecule has 0 radical (unpaired) electrons. The molecule has 0 spiro atoms. The first-order valence-electron chi connectivity index (χ1n) is 6.35. The van der Waals surface area contributed by atoms with Crippen molar-refractivity contribution in [2.75, 3.05) is 19.6 Å². The number of rotatable bonds is 3. The number of esters is 1. The maximum Gasteiger partial charge on any atom is 0.326 e. The Labute approximate surface area is 109 Å². The number of hydrogen-bond donors (Lipinski definition) is 1. The summed E-state index contributed by atoms with van der Waals surface area (Å²) in [7, 11) is 0. The number of carbonyl (C=O) groups excluding carboxylic acids is 2. The van der Waals surface area contributed by atoms with Crippen LogP contribution in [0.3, 0.4) is 0 Å². The summed E-state index contributed by atoms with van der Waals surface area (Å²) in [5.41, 5.74) is -0.808. The fourth-order valence-electron chi connectivity index (χ4n) is 2.22. The van der Waals surface area contributed by atoms with E-state index < -0.39 is 5.60 Å². The molecule has 1 heterocycles. The first kappa shape index (κ1) is 15.0. The second kappa shape index (κ2) is 5.26. The van der Waals surface area contributed by atoms with Crippen molar-refractivity contribution in [1.82, 2.24) is 10.2 Å². The number of nitrogens with zero attached hydrogens (tertiary/aromatic N) is 1. The van der Waals surface area contributed by atoms with Gasteiger partial charge >= 0.3 is 5.97 Å². The minimum absolute atomic E-state index is 0.0186. The lowest BCUT2D eigenvalue weighted by molar-refractivity contribution is -0.161. The minimum Gasteiger partial charge on any atom is -0.459 e. The first-order valence-corrected chi connectivity index (χ1v) is 6.35. The highest BCUT2D eigenvalue weighted by Crippen LogP contribution is 2.23. The lowest BCUT2D eigenvalue weighted by Gasteiger charge is -2.37. The van der Waals surface area contributed by atoms with Gasteiger partial charge in [-0.3, -0.25) is 9.59 Å². The van der Waals surface area contributed by atoms with Gasteiger partial charge in [-0.2, -0.15) is 0 Å². The standard InChI is InChI=1S/C13H24N2O3/c1-10(16)15(13(5)6-7-14-9-13)8-11(17)18-12(2,3)4/h14H,6-9H2,1-5H3/t13-/m0/s1. The fraction of sp³-hybridized carbons (Fsp3) is 0.846. The second-order valence-electron chi connectivity index (χ2n) is 6.12. The van der Waals surface area contributed by atoms with Gasteiger partial charge in [0, 0.05) is 13.5 Å². The van der Waals surface area contributed by atoms with Gasteiger partial charge in [-0.25, -0.2) is 0 Å². The molecular weight excluding hydrogens is 232 g/mol. The Morgan fingerprint density at radius 1 is 1.39 bits per heavy atom. The van der Waals surface area contributed by atoms with Crippen molar-refractivity contribution >= 4 is 11.9 Å². The maximum absolute atomic E-state index is 11.8. The topological polar surface area (TPSA) is 58.6 Å². The van der Waals surface area contributed by atoms with Crippen LogP contribution in [0.5, 0.6) is 0 Å². The lowest BCUT2D eigenvalue weighted by Crippen LogP contribution is -2.53. The molecule has 0 unspecified atom stereocenters. The highest BCUT2D eigenvalue weighted by atomic mass is 16.6. The van der Waals surface area contributed by atoms with Gasteiger partial charge in [-0.1, -0.05) is 0 Å². The molecule has 1 fully saturated rings. The van der Waals surface area contributed by atoms with Gasteiger partial charge < -0.3 is 15.0 Å². The van der Waals surface area contributed by atoms with E-state index in [-0.39, 0.29) is 24.0 Å². The molecule has 1 aliphatic heterocycles. The zero-order valence-corrected chi connectivity index (χ0v) is 12.0. The van der Waals surface area contributed by atoms with Crippen molar-refractivity contribution in [3.63, 3.8) is 0 Å². The average Bonchev–Trinajstić information content (AvgIpc) is 2.59. The summed E-state index contributed by atoms with van der Waals surface area (Å²) < 4.78 is 5.27. The van der Waals surface area contributed by atoms with Crippen molar-refractivity contribution < 1.29 is 14.3 Å². The number of hydrogen-bond acceptors (Lipinski definition) is 4. The third-order valence-corrected chi connectivity index (χ3v) is 3.09. The molecule has 0 aromatic carbocycles. The maximum atomic E-state index is 11.8. The molecule has 1 N–H and O–H groups in total. The third kappa shape index (κ3) is 3.98. The van der Waals surface area contributed by atoms with Crippen molar-refractivity contribution in [2.45, 2.75) is 52.2 Å². The molecule has 1 aliphatic rings. The van der Waals surface area contributed by atoms with E-state index in [1.807, 2.05) is 27.7 Å². The van der Waals surface area contributed by atoms with E-state index in [2.05, 4.69) is 5.32 Å². The Morgan fingerprint density at radius 2 is 2.00 bits per heavy atom. The Morgan fingerprint density at radius 3 is 2.39 bits per heavy atom. The molecule has 1 amide bonds. The van der Waals surface area contributed by atoms with Crippen LogP contribution in [-0.2, 0) is 14.3 Å². The van der Waals surface area contributed by atoms with E-state index in [1.54, 1.807) is 4.90 Å². The summed E-state index contributed by atoms with van der Waals surface area (Å²) in [5, 5.41) is 3.22. The molecule has 104 valence electrons. The van der Waals surface area contributed by atoms with Gasteiger partial charge in [0.1, 0.15) is 12.1 Å². The van der Waals surface area contributed by atoms with Crippen LogP contribution in [0, 0.1) is 0 Å². The van der Waals surface area contributed by atoms with Crippen molar-refractivity contribution in [2.24, 2.45) is 0 Å². The number of carbonyl (C=O) groups is 2. The Kier molecular flexibility index (Phi) is 4.37. The molecule has 0 saturated carbocycles. The lowest BCUT2D eigenvalue weighted by atomic mass is 9.98. The molecule has 0 aromatic heterocycles. The van der Waals surface area contributed by atoms with Crippen LogP contribution < -0.4 is 5.32 Å². The highest BCUT2D eigenvalue weighted by Gasteiger charge is 2.38. The Hall–Kier alpha value is -1.10. The summed E-state index contributed by atoms with van der Waals surface area (Å²) >= 11 is 0. The molecule has 0 bridgehead atoms. The van der Waals surface area contributed by atoms with Crippen LogP contribution >= 0.6 is 0 Å². The summed E-state index contributed by atoms with van der Waals surface area (Å²) in [6.45, 7) is 10.6. The van der Waals surface area contributed by atoms with Crippen LogP contribution in [0.15, 0.2) is 0 Å². The van der Waals surface area contributed by atoms with E-state index in [1.165, 1.54) is 6.92 Å². The summed E-state index contributed by atoms with van der Waals surface area (Å²) in [6, 6.07) is 0. The largest absolute Gasteiger partial charge is 0.459 e. The normalized spacial score (nSPS) is 23.8. The van der Waals surface area contributed by atoms with Gasteiger partial charge in [0.15, 0.2) is 0 Å². The van der Waals surface area contributed by atoms with Crippen LogP contribution in [-0.4, -0.2) is 47.6 Å². The van der Waals surface area contributed by atoms with E-state index >= 15 is 0 Å². The molecule has 18 heavy (non-hydrogen) atoms. The average molecular weight is 256 g/mol. The summed E-state index contributed by atoms with van der Waals surface area (Å²) in [6.07, 6.45) is 0.857. The highest BCUT2D eigenvalue weighted by molar-refractivity contribution is 5.81. The molecule has 0 aromatic rings. The van der Waals surface area contributed by atoms with Gasteiger partial charge in [-0.15, -0.1) is 0 Å². The number of amides is 1. The summed E-state index contributed by atoms with van der Waals surface area (Å²) in [4.78, 5) is 25.2. The molecule has 5 heteroatoms. The van der Waals surface area contributed by atoms with Gasteiger partial charge in [0.25, 0.3) is 0 Å². The Bertz CT molecular complexity index is 328. The molecule has 1 saturated heterocycles. The monoisotopic (exact) mass is 256 g/mol. The van der Waals surface area contributed by atoms with Crippen molar-refractivity contribution in [3.05, 3.63) is 0 Å². The van der Waals surface area contributed by atoms with Gasteiger partial charge in [0.05, 0.1) is 5.54 Å². The molecular formula is C13H24N2O3. The Balaban J connectivity index is 2.70. The molecule has 0 aliphatic carbocycles. The molecule has 5 nitrogen and oxygen atoms in total. The SMILES string of the molecule is CC(=O)N(CC(=O)OC(C)(C)C)[C@@]1(C)CCNC1. The summed E-state index contributed by atoms with van der Waals surface area (Å²) in [5.74, 6) is -0.446. The van der Waals surface area contributed by atoms with E-state index in [0.29, 0.717) is 0 Å². The van der Waals surface area contributed by atoms with E-state index in [0.717, 1.165) is 19.5 Å². The van der Waals surface area contributed by atoms with Crippen molar-refractivity contribution in [1.29, 1.82) is 0 Å². The zero-order chi connectivity index (χ0) is 14.0. The third-order valence-electron chi connectivity index (χ3n) is 3.09. The smallest absolute Gasteiger partial charge is 0.326 e. The van der Waals surface area contributed by atoms with Gasteiger partial charge in [0.2, 0.25) is 5.91 Å². The predicted octanol–water partition coefficient (Wildman–Crippen LogP) is 0.929. The zero-order valence-electron chi connectivity index (χ0n) is 12.0. The second-order valence-corrected chi connectivity index (χ2v) is 6.12. The number of nitrogens with one attached hydrogen (secondary N) is 1. The minimum atomic E-state index is -0.519. The van der Waals surface area contributed by atoms with E-state index in [4.69, 9.17) is 4.74 Å². The fourth-order valence-corrected chi connectivity index (χ4v) is 2.22. The number of ether oxygens (including phenoxy) is 1. The molecule has 1 atom stereocenters. The quantitative estimate of drug-likeness (QED) is 0.763. The van der Waals surface area contributed by atoms with Crippen molar-refractivity contribution in [3.8, 4) is 0 Å². The molecule has 1 rings (SSSR count). The van der Waals surface area contributed by atoms with Crippen LogP contribution in [0.4, 0.5) is 0 Å². The van der Waals surface area contributed by atoms with Crippen LogP contribution in [0.25, 0.3) is 0 Å². The van der Waals surface area contributed by atoms with Gasteiger partial charge in [-0.05, 0) is 40.7 Å². The van der Waals surface area contributed by atoms with E-state index in [9.17, 15) is 9.59 Å². The van der Waals surface area contributed by atoms with Crippen LogP contribution in [0.2, 0.25) is 0 Å².